The molecule has 1 amide bonds. The first-order valence-corrected chi connectivity index (χ1v) is 4.87. The molecule has 0 rings (SSSR count). The molecule has 0 aliphatic heterocycles. The summed E-state index contributed by atoms with van der Waals surface area (Å²) in [6, 6.07) is 0. The first kappa shape index (κ1) is 12.4. The van der Waals surface area contributed by atoms with Gasteiger partial charge in [-0.3, -0.25) is 4.79 Å². The van der Waals surface area contributed by atoms with Crippen LogP contribution in [0.25, 0.3) is 0 Å². The first-order valence-electron chi connectivity index (χ1n) is 4.87. The predicted molar refractivity (Wildman–Crippen MR) is 55.6 cm³/mol. The van der Waals surface area contributed by atoms with Crippen LogP contribution >= 0.6 is 0 Å². The first-order chi connectivity index (χ1) is 5.90. The number of hydrogen-bond acceptors (Lipinski definition) is 2. The zero-order valence-corrected chi connectivity index (χ0v) is 9.40. The standard InChI is InChI=1S/C10H22N2O/c1-6-8(7-11-5)9(13)12-10(2,3)4/h8,11H,6-7H2,1-5H3,(H,12,13). The van der Waals surface area contributed by atoms with Crippen molar-refractivity contribution >= 4 is 5.91 Å². The highest BCUT2D eigenvalue weighted by molar-refractivity contribution is 5.79. The minimum absolute atomic E-state index is 0.0872. The van der Waals surface area contributed by atoms with Crippen molar-refractivity contribution in [3.63, 3.8) is 0 Å². The zero-order chi connectivity index (χ0) is 10.5. The lowest BCUT2D eigenvalue weighted by Gasteiger charge is -2.24. The summed E-state index contributed by atoms with van der Waals surface area (Å²) in [4.78, 5) is 11.6. The molecule has 0 spiro atoms. The van der Waals surface area contributed by atoms with Crippen molar-refractivity contribution in [3.05, 3.63) is 0 Å². The molecule has 0 radical (unpaired) electrons. The van der Waals surface area contributed by atoms with Gasteiger partial charge >= 0.3 is 0 Å². The Labute approximate surface area is 81.3 Å². The van der Waals surface area contributed by atoms with E-state index in [1.807, 2.05) is 34.7 Å². The van der Waals surface area contributed by atoms with E-state index in [2.05, 4.69) is 10.6 Å². The van der Waals surface area contributed by atoms with Crippen LogP contribution in [0.2, 0.25) is 0 Å². The lowest BCUT2D eigenvalue weighted by atomic mass is 10.0. The Morgan fingerprint density at radius 2 is 1.92 bits per heavy atom. The van der Waals surface area contributed by atoms with Crippen LogP contribution in [0.4, 0.5) is 0 Å². The molecule has 0 aliphatic carbocycles. The monoisotopic (exact) mass is 186 g/mol. The van der Waals surface area contributed by atoms with Gasteiger partial charge in [-0.25, -0.2) is 0 Å². The maximum absolute atomic E-state index is 11.6. The average molecular weight is 186 g/mol. The van der Waals surface area contributed by atoms with Gasteiger partial charge in [-0.1, -0.05) is 6.92 Å². The zero-order valence-electron chi connectivity index (χ0n) is 9.40. The maximum atomic E-state index is 11.6. The Hall–Kier alpha value is -0.570. The van der Waals surface area contributed by atoms with E-state index in [9.17, 15) is 4.79 Å². The summed E-state index contributed by atoms with van der Waals surface area (Å²) in [5.41, 5.74) is -0.127. The van der Waals surface area contributed by atoms with E-state index in [-0.39, 0.29) is 17.4 Å². The van der Waals surface area contributed by atoms with Crippen LogP contribution in [-0.2, 0) is 4.79 Å². The maximum Gasteiger partial charge on any atom is 0.224 e. The van der Waals surface area contributed by atoms with Gasteiger partial charge in [-0.15, -0.1) is 0 Å². The molecule has 3 heteroatoms. The molecule has 0 aromatic heterocycles. The molecule has 0 aromatic rings. The summed E-state index contributed by atoms with van der Waals surface area (Å²) in [5, 5.41) is 6.00. The van der Waals surface area contributed by atoms with Gasteiger partial charge in [0, 0.05) is 12.1 Å². The number of carbonyl (C=O) groups is 1. The summed E-state index contributed by atoms with van der Waals surface area (Å²) in [5.74, 6) is 0.230. The SMILES string of the molecule is CCC(CNC)C(=O)NC(C)(C)C. The summed E-state index contributed by atoms with van der Waals surface area (Å²) in [6.45, 7) is 8.77. The second-order valence-electron chi connectivity index (χ2n) is 4.40. The van der Waals surface area contributed by atoms with E-state index in [0.29, 0.717) is 0 Å². The van der Waals surface area contributed by atoms with Crippen LogP contribution in [-0.4, -0.2) is 25.0 Å². The highest BCUT2D eigenvalue weighted by Gasteiger charge is 2.20. The molecule has 78 valence electrons. The largest absolute Gasteiger partial charge is 0.351 e. The van der Waals surface area contributed by atoms with Gasteiger partial charge < -0.3 is 10.6 Å². The molecule has 0 aliphatic rings. The van der Waals surface area contributed by atoms with Gasteiger partial charge in [0.1, 0.15) is 0 Å². The van der Waals surface area contributed by atoms with Crippen LogP contribution in [0.15, 0.2) is 0 Å². The normalized spacial score (nSPS) is 13.9. The van der Waals surface area contributed by atoms with Gasteiger partial charge in [0.2, 0.25) is 5.91 Å². The smallest absolute Gasteiger partial charge is 0.224 e. The minimum atomic E-state index is -0.127. The molecular weight excluding hydrogens is 164 g/mol. The highest BCUT2D eigenvalue weighted by Crippen LogP contribution is 2.05. The lowest BCUT2D eigenvalue weighted by Crippen LogP contribution is -2.45. The van der Waals surface area contributed by atoms with Gasteiger partial charge in [-0.2, -0.15) is 0 Å². The van der Waals surface area contributed by atoms with Gasteiger partial charge in [-0.05, 0) is 34.2 Å². The molecule has 0 saturated heterocycles. The molecular formula is C10H22N2O. The van der Waals surface area contributed by atoms with Gasteiger partial charge in [0.15, 0.2) is 0 Å². The van der Waals surface area contributed by atoms with Gasteiger partial charge in [0.05, 0.1) is 5.92 Å². The number of nitrogens with one attached hydrogen (secondary N) is 2. The van der Waals surface area contributed by atoms with Crippen molar-refractivity contribution in [2.75, 3.05) is 13.6 Å². The molecule has 3 nitrogen and oxygen atoms in total. The van der Waals surface area contributed by atoms with Crippen molar-refractivity contribution in [1.29, 1.82) is 0 Å². The van der Waals surface area contributed by atoms with Crippen LogP contribution in [0, 0.1) is 5.92 Å². The van der Waals surface area contributed by atoms with Crippen molar-refractivity contribution in [2.45, 2.75) is 39.7 Å². The Kier molecular flexibility index (Phi) is 4.99. The number of carbonyl (C=O) groups excluding carboxylic acids is 1. The Morgan fingerprint density at radius 3 is 2.23 bits per heavy atom. The number of rotatable bonds is 4. The highest BCUT2D eigenvalue weighted by atomic mass is 16.2. The lowest BCUT2D eigenvalue weighted by molar-refractivity contribution is -0.126. The van der Waals surface area contributed by atoms with Crippen LogP contribution < -0.4 is 10.6 Å². The van der Waals surface area contributed by atoms with E-state index in [0.717, 1.165) is 13.0 Å². The van der Waals surface area contributed by atoms with E-state index >= 15 is 0 Å². The third kappa shape index (κ3) is 5.64. The van der Waals surface area contributed by atoms with E-state index < -0.39 is 0 Å². The fraction of sp³-hybridized carbons (Fsp3) is 0.900. The predicted octanol–water partition coefficient (Wildman–Crippen LogP) is 1.15. The molecule has 0 aromatic carbocycles. The summed E-state index contributed by atoms with van der Waals surface area (Å²) < 4.78 is 0. The molecule has 0 saturated carbocycles. The summed E-state index contributed by atoms with van der Waals surface area (Å²) in [7, 11) is 1.87. The van der Waals surface area contributed by atoms with Crippen LogP contribution in [0.1, 0.15) is 34.1 Å². The van der Waals surface area contributed by atoms with Crippen molar-refractivity contribution in [2.24, 2.45) is 5.92 Å². The van der Waals surface area contributed by atoms with Crippen molar-refractivity contribution in [3.8, 4) is 0 Å². The molecule has 1 unspecified atom stereocenters. The Morgan fingerprint density at radius 1 is 1.38 bits per heavy atom. The number of hydrogen-bond donors (Lipinski definition) is 2. The fourth-order valence-electron chi connectivity index (χ4n) is 1.14. The summed E-state index contributed by atoms with van der Waals surface area (Å²) >= 11 is 0. The van der Waals surface area contributed by atoms with E-state index in [1.54, 1.807) is 0 Å². The van der Waals surface area contributed by atoms with Crippen LogP contribution in [0.3, 0.4) is 0 Å². The van der Waals surface area contributed by atoms with E-state index in [1.165, 1.54) is 0 Å². The van der Waals surface area contributed by atoms with Gasteiger partial charge in [0.25, 0.3) is 0 Å². The minimum Gasteiger partial charge on any atom is -0.351 e. The molecule has 0 fully saturated rings. The second-order valence-corrected chi connectivity index (χ2v) is 4.40. The topological polar surface area (TPSA) is 41.1 Å². The fourth-order valence-corrected chi connectivity index (χ4v) is 1.14. The molecule has 13 heavy (non-hydrogen) atoms. The third-order valence-electron chi connectivity index (χ3n) is 1.81. The van der Waals surface area contributed by atoms with E-state index in [4.69, 9.17) is 0 Å². The second kappa shape index (κ2) is 5.22. The molecule has 0 bridgehead atoms. The molecule has 2 N–H and O–H groups in total. The summed E-state index contributed by atoms with van der Waals surface area (Å²) in [6.07, 6.45) is 0.878. The third-order valence-corrected chi connectivity index (χ3v) is 1.81. The quantitative estimate of drug-likeness (QED) is 0.691. The Bertz CT molecular complexity index is 161. The average Bonchev–Trinajstić information content (AvgIpc) is 1.96. The van der Waals surface area contributed by atoms with Crippen molar-refractivity contribution < 1.29 is 4.79 Å². The molecule has 1 atom stereocenters. The molecule has 0 heterocycles. The van der Waals surface area contributed by atoms with Crippen LogP contribution in [0.5, 0.6) is 0 Å². The Balaban J connectivity index is 4.06. The number of amides is 1. The van der Waals surface area contributed by atoms with Crippen molar-refractivity contribution in [1.82, 2.24) is 10.6 Å².